The summed E-state index contributed by atoms with van der Waals surface area (Å²) < 4.78 is 1.86. The lowest BCUT2D eigenvalue weighted by Crippen LogP contribution is -2.39. The number of nitrogens with zero attached hydrogens (tertiary/aromatic N) is 6. The third kappa shape index (κ3) is 4.39. The zero-order chi connectivity index (χ0) is 25.6. The van der Waals surface area contributed by atoms with Crippen LogP contribution >= 0.6 is 0 Å². The summed E-state index contributed by atoms with van der Waals surface area (Å²) >= 11 is 0. The number of hydrogen-bond donors (Lipinski definition) is 1. The summed E-state index contributed by atoms with van der Waals surface area (Å²) in [4.78, 5) is 30.0. The monoisotopic (exact) mass is 487 g/mol. The van der Waals surface area contributed by atoms with Gasteiger partial charge in [-0.1, -0.05) is 13.8 Å². The molecule has 1 aliphatic rings. The number of hydrogen-bond acceptors (Lipinski definition) is 5. The number of aromatic amines is 1. The Morgan fingerprint density at radius 2 is 1.92 bits per heavy atom. The second kappa shape index (κ2) is 9.65. The lowest BCUT2D eigenvalue weighted by Gasteiger charge is -2.32. The molecular weight excluding hydrogens is 450 g/mol. The number of amides is 1. The van der Waals surface area contributed by atoms with Crippen molar-refractivity contribution in [3.05, 3.63) is 47.0 Å². The highest BCUT2D eigenvalue weighted by Gasteiger charge is 2.26. The first-order chi connectivity index (χ1) is 17.2. The van der Waals surface area contributed by atoms with E-state index in [-0.39, 0.29) is 5.91 Å². The number of rotatable bonds is 6. The topological polar surface area (TPSA) is 82.4 Å². The van der Waals surface area contributed by atoms with Crippen LogP contribution in [-0.4, -0.2) is 74.0 Å². The number of carbonyl (C=O) groups is 1. The Morgan fingerprint density at radius 1 is 1.17 bits per heavy atom. The molecule has 1 N–H and O–H groups in total. The highest BCUT2D eigenvalue weighted by atomic mass is 16.2. The molecule has 4 aromatic heterocycles. The van der Waals surface area contributed by atoms with Gasteiger partial charge in [-0.2, -0.15) is 5.10 Å². The van der Waals surface area contributed by atoms with Gasteiger partial charge in [-0.3, -0.25) is 9.78 Å². The second-order valence-electron chi connectivity index (χ2n) is 10.7. The molecule has 0 spiro atoms. The normalized spacial score (nSPS) is 15.2. The van der Waals surface area contributed by atoms with Crippen LogP contribution in [0.5, 0.6) is 0 Å². The maximum Gasteiger partial charge on any atom is 0.223 e. The molecule has 1 amide bonds. The van der Waals surface area contributed by atoms with Crippen molar-refractivity contribution in [2.24, 2.45) is 0 Å². The number of pyridine rings is 2. The van der Waals surface area contributed by atoms with Gasteiger partial charge >= 0.3 is 0 Å². The van der Waals surface area contributed by atoms with E-state index in [0.717, 1.165) is 71.7 Å². The number of nitrogens with one attached hydrogen (secondary N) is 1. The molecule has 5 rings (SSSR count). The van der Waals surface area contributed by atoms with Crippen molar-refractivity contribution in [3.8, 4) is 11.3 Å². The molecule has 4 aromatic rings. The van der Waals surface area contributed by atoms with Gasteiger partial charge in [0, 0.05) is 55.0 Å². The molecule has 0 saturated carbocycles. The number of piperidine rings is 1. The molecule has 1 aliphatic heterocycles. The van der Waals surface area contributed by atoms with Crippen LogP contribution in [0.2, 0.25) is 0 Å². The lowest BCUT2D eigenvalue weighted by molar-refractivity contribution is -0.132. The van der Waals surface area contributed by atoms with E-state index in [1.54, 1.807) is 6.33 Å². The second-order valence-corrected chi connectivity index (χ2v) is 10.7. The Kier molecular flexibility index (Phi) is 6.55. The minimum atomic E-state index is 0.262. The van der Waals surface area contributed by atoms with E-state index in [1.807, 2.05) is 23.5 Å². The number of carbonyl (C=O) groups excluding carboxylic acids is 1. The van der Waals surface area contributed by atoms with Crippen LogP contribution in [0.25, 0.3) is 27.9 Å². The molecule has 1 saturated heterocycles. The first-order valence-electron chi connectivity index (χ1n) is 13.0. The largest absolute Gasteiger partial charge is 0.353 e. The highest BCUT2D eigenvalue weighted by molar-refractivity contribution is 5.89. The maximum atomic E-state index is 12.6. The number of fused-ring (bicyclic) bond motifs is 2. The first-order valence-corrected chi connectivity index (χ1v) is 13.0. The van der Waals surface area contributed by atoms with Crippen LogP contribution in [0.1, 0.15) is 67.3 Å². The molecule has 0 unspecified atom stereocenters. The first kappa shape index (κ1) is 24.4. The number of H-pyrrole nitrogens is 1. The smallest absolute Gasteiger partial charge is 0.223 e. The third-order valence-corrected chi connectivity index (χ3v) is 7.71. The Labute approximate surface area is 212 Å². The van der Waals surface area contributed by atoms with E-state index in [0.29, 0.717) is 18.3 Å². The molecule has 36 heavy (non-hydrogen) atoms. The molecule has 8 heteroatoms. The van der Waals surface area contributed by atoms with Crippen LogP contribution in [0.3, 0.4) is 0 Å². The highest BCUT2D eigenvalue weighted by Crippen LogP contribution is 2.38. The fourth-order valence-corrected chi connectivity index (χ4v) is 5.46. The summed E-state index contributed by atoms with van der Waals surface area (Å²) in [6.45, 7) is 11.1. The van der Waals surface area contributed by atoms with E-state index >= 15 is 0 Å². The number of aryl methyl sites for hydroxylation is 1. The summed E-state index contributed by atoms with van der Waals surface area (Å²) in [6, 6.07) is 4.34. The Bertz CT molecular complexity index is 1410. The number of likely N-dealkylation sites (tertiary alicyclic amines) is 1. The van der Waals surface area contributed by atoms with Crippen LogP contribution in [-0.2, 0) is 4.79 Å². The van der Waals surface area contributed by atoms with Crippen molar-refractivity contribution in [1.29, 1.82) is 0 Å². The molecule has 0 aliphatic carbocycles. The van der Waals surface area contributed by atoms with E-state index in [9.17, 15) is 4.79 Å². The van der Waals surface area contributed by atoms with Gasteiger partial charge in [-0.25, -0.2) is 9.50 Å². The van der Waals surface area contributed by atoms with Gasteiger partial charge in [0.2, 0.25) is 5.91 Å². The SMILES string of the molecule is Cc1c(-c2[nH]c3ccc(C4CCN(C(=O)CCN(C)C)CC4)nc3c2C(C)C)cn2ncnc2c1C. The molecule has 0 bridgehead atoms. The summed E-state index contributed by atoms with van der Waals surface area (Å²) in [5, 5.41) is 4.39. The average Bonchev–Trinajstić information content (AvgIpc) is 3.49. The van der Waals surface area contributed by atoms with Crippen molar-refractivity contribution in [1.82, 2.24) is 34.4 Å². The molecule has 190 valence electrons. The molecular formula is C28H37N7O. The minimum Gasteiger partial charge on any atom is -0.353 e. The van der Waals surface area contributed by atoms with Gasteiger partial charge in [0.25, 0.3) is 0 Å². The van der Waals surface area contributed by atoms with E-state index < -0.39 is 0 Å². The van der Waals surface area contributed by atoms with Gasteiger partial charge in [0.05, 0.1) is 16.7 Å². The van der Waals surface area contributed by atoms with Crippen molar-refractivity contribution in [2.75, 3.05) is 33.7 Å². The van der Waals surface area contributed by atoms with E-state index in [2.05, 4.69) is 66.0 Å². The van der Waals surface area contributed by atoms with Crippen LogP contribution in [0, 0.1) is 13.8 Å². The molecule has 0 atom stereocenters. The van der Waals surface area contributed by atoms with Crippen LogP contribution in [0.15, 0.2) is 24.7 Å². The molecule has 1 fully saturated rings. The summed E-state index contributed by atoms with van der Waals surface area (Å²) in [5.41, 5.74) is 9.98. The van der Waals surface area contributed by atoms with Crippen molar-refractivity contribution in [2.45, 2.75) is 58.8 Å². The molecule has 0 radical (unpaired) electrons. The summed E-state index contributed by atoms with van der Waals surface area (Å²) in [7, 11) is 4.02. The maximum absolute atomic E-state index is 12.6. The quantitative estimate of drug-likeness (QED) is 0.427. The molecule has 8 nitrogen and oxygen atoms in total. The summed E-state index contributed by atoms with van der Waals surface area (Å²) in [5.74, 6) is 0.943. The van der Waals surface area contributed by atoms with Gasteiger partial charge < -0.3 is 14.8 Å². The lowest BCUT2D eigenvalue weighted by atomic mass is 9.92. The van der Waals surface area contributed by atoms with Crippen molar-refractivity contribution < 1.29 is 4.79 Å². The average molecular weight is 488 g/mol. The Morgan fingerprint density at radius 3 is 2.61 bits per heavy atom. The summed E-state index contributed by atoms with van der Waals surface area (Å²) in [6.07, 6.45) is 6.19. The molecule has 0 aromatic carbocycles. The zero-order valence-corrected chi connectivity index (χ0v) is 22.3. The molecule has 5 heterocycles. The van der Waals surface area contributed by atoms with Gasteiger partial charge in [-0.05, 0) is 70.0 Å². The van der Waals surface area contributed by atoms with Crippen molar-refractivity contribution in [3.63, 3.8) is 0 Å². The third-order valence-electron chi connectivity index (χ3n) is 7.71. The predicted molar refractivity (Wildman–Crippen MR) is 143 cm³/mol. The van der Waals surface area contributed by atoms with Crippen LogP contribution < -0.4 is 0 Å². The van der Waals surface area contributed by atoms with Crippen LogP contribution in [0.4, 0.5) is 0 Å². The number of aromatic nitrogens is 5. The fourth-order valence-electron chi connectivity index (χ4n) is 5.46. The van der Waals surface area contributed by atoms with E-state index in [1.165, 1.54) is 11.1 Å². The Balaban J connectivity index is 1.45. The van der Waals surface area contributed by atoms with Gasteiger partial charge in [0.15, 0.2) is 5.65 Å². The van der Waals surface area contributed by atoms with E-state index in [4.69, 9.17) is 4.98 Å². The standard InChI is InChI=1S/C28H37N7O/c1-17(2)25-26(21-15-35-28(29-16-30-35)19(4)18(21)3)32-23-8-7-22(31-27(23)25)20-9-13-34(14-10-20)24(36)11-12-33(5)6/h7-8,15-17,20,32H,9-14H2,1-6H3. The Hall–Kier alpha value is -3.26. The van der Waals surface area contributed by atoms with Gasteiger partial charge in [-0.15, -0.1) is 0 Å². The fraction of sp³-hybridized carbons (Fsp3) is 0.500. The predicted octanol–water partition coefficient (Wildman–Crippen LogP) is 4.67. The zero-order valence-electron chi connectivity index (χ0n) is 22.3. The minimum absolute atomic E-state index is 0.262. The van der Waals surface area contributed by atoms with Crippen molar-refractivity contribution >= 4 is 22.6 Å². The van der Waals surface area contributed by atoms with Gasteiger partial charge in [0.1, 0.15) is 6.33 Å².